The molecule has 1 aliphatic heterocycles. The lowest BCUT2D eigenvalue weighted by Gasteiger charge is -2.33. The standard InChI is InChI=1S/C14H22BrN3S/c1-11-4-3-9-18(10-11)14(16-2)17-8-7-12-5-6-13(15)19-12/h5-6,11H,3-4,7-10H2,1-2H3,(H,16,17). The topological polar surface area (TPSA) is 27.6 Å². The molecule has 19 heavy (non-hydrogen) atoms. The first-order valence-corrected chi connectivity index (χ1v) is 8.50. The molecule has 1 unspecified atom stereocenters. The number of hydrogen-bond acceptors (Lipinski definition) is 2. The van der Waals surface area contributed by atoms with Crippen LogP contribution >= 0.6 is 27.3 Å². The van der Waals surface area contributed by atoms with E-state index in [0.29, 0.717) is 0 Å². The zero-order chi connectivity index (χ0) is 13.7. The minimum Gasteiger partial charge on any atom is -0.356 e. The van der Waals surface area contributed by atoms with E-state index in [2.05, 4.69) is 50.2 Å². The van der Waals surface area contributed by atoms with E-state index in [1.54, 1.807) is 11.3 Å². The molecule has 0 bridgehead atoms. The Labute approximate surface area is 128 Å². The minimum absolute atomic E-state index is 0.778. The summed E-state index contributed by atoms with van der Waals surface area (Å²) in [6, 6.07) is 4.29. The van der Waals surface area contributed by atoms with Crippen molar-refractivity contribution in [3.05, 3.63) is 20.8 Å². The lowest BCUT2D eigenvalue weighted by Crippen LogP contribution is -2.46. The summed E-state index contributed by atoms with van der Waals surface area (Å²) in [4.78, 5) is 8.20. The number of halogens is 1. The summed E-state index contributed by atoms with van der Waals surface area (Å²) >= 11 is 5.31. The van der Waals surface area contributed by atoms with E-state index in [-0.39, 0.29) is 0 Å². The van der Waals surface area contributed by atoms with Crippen LogP contribution in [0.4, 0.5) is 0 Å². The van der Waals surface area contributed by atoms with Crippen molar-refractivity contribution in [2.24, 2.45) is 10.9 Å². The van der Waals surface area contributed by atoms with E-state index in [0.717, 1.165) is 37.9 Å². The fraction of sp³-hybridized carbons (Fsp3) is 0.643. The average molecular weight is 344 g/mol. The molecule has 1 aromatic heterocycles. The Morgan fingerprint density at radius 1 is 1.58 bits per heavy atom. The summed E-state index contributed by atoms with van der Waals surface area (Å²) in [5.41, 5.74) is 0. The second kappa shape index (κ2) is 7.29. The molecule has 1 aliphatic rings. The second-order valence-electron chi connectivity index (χ2n) is 5.12. The van der Waals surface area contributed by atoms with Gasteiger partial charge in [-0.05, 0) is 53.2 Å². The van der Waals surface area contributed by atoms with Gasteiger partial charge in [-0.3, -0.25) is 4.99 Å². The quantitative estimate of drug-likeness (QED) is 0.673. The molecule has 2 heterocycles. The number of piperidine rings is 1. The Morgan fingerprint density at radius 3 is 3.05 bits per heavy atom. The van der Waals surface area contributed by atoms with Crippen LogP contribution in [0, 0.1) is 5.92 Å². The van der Waals surface area contributed by atoms with Crippen molar-refractivity contribution in [2.75, 3.05) is 26.7 Å². The first-order chi connectivity index (χ1) is 9.19. The highest BCUT2D eigenvalue weighted by atomic mass is 79.9. The molecule has 1 N–H and O–H groups in total. The minimum atomic E-state index is 0.778. The van der Waals surface area contributed by atoms with Crippen molar-refractivity contribution in [3.63, 3.8) is 0 Å². The van der Waals surface area contributed by atoms with E-state index >= 15 is 0 Å². The number of guanidine groups is 1. The fourth-order valence-electron chi connectivity index (χ4n) is 2.50. The maximum atomic E-state index is 4.41. The molecule has 0 aromatic carbocycles. The van der Waals surface area contributed by atoms with Crippen molar-refractivity contribution in [1.29, 1.82) is 0 Å². The van der Waals surface area contributed by atoms with Gasteiger partial charge in [0.2, 0.25) is 0 Å². The molecule has 1 atom stereocenters. The van der Waals surface area contributed by atoms with Gasteiger partial charge in [0, 0.05) is 31.6 Å². The fourth-order valence-corrected chi connectivity index (χ4v) is 3.98. The Balaban J connectivity index is 1.79. The molecule has 2 rings (SSSR count). The molecule has 3 nitrogen and oxygen atoms in total. The molecule has 0 radical (unpaired) electrons. The summed E-state index contributed by atoms with van der Waals surface area (Å²) in [6.45, 7) is 5.53. The number of nitrogens with zero attached hydrogens (tertiary/aromatic N) is 2. The Hall–Kier alpha value is -0.550. The van der Waals surface area contributed by atoms with Crippen molar-refractivity contribution < 1.29 is 0 Å². The van der Waals surface area contributed by atoms with Crippen LogP contribution < -0.4 is 5.32 Å². The van der Waals surface area contributed by atoms with Crippen LogP contribution in [0.2, 0.25) is 0 Å². The Morgan fingerprint density at radius 2 is 2.42 bits per heavy atom. The number of aliphatic imine (C=N–C) groups is 1. The predicted molar refractivity (Wildman–Crippen MR) is 87.1 cm³/mol. The van der Waals surface area contributed by atoms with E-state index in [1.165, 1.54) is 21.5 Å². The van der Waals surface area contributed by atoms with E-state index < -0.39 is 0 Å². The SMILES string of the molecule is CN=C(NCCc1ccc(Br)s1)N1CCCC(C)C1. The summed E-state index contributed by atoms with van der Waals surface area (Å²) in [7, 11) is 1.88. The van der Waals surface area contributed by atoms with Crippen molar-refractivity contribution in [1.82, 2.24) is 10.2 Å². The van der Waals surface area contributed by atoms with Gasteiger partial charge in [0.05, 0.1) is 3.79 Å². The molecule has 0 spiro atoms. The van der Waals surface area contributed by atoms with Crippen molar-refractivity contribution in [3.8, 4) is 0 Å². The normalized spacial score (nSPS) is 20.7. The van der Waals surface area contributed by atoms with Crippen molar-refractivity contribution >= 4 is 33.2 Å². The van der Waals surface area contributed by atoms with Crippen LogP contribution in [0.1, 0.15) is 24.6 Å². The average Bonchev–Trinajstić information content (AvgIpc) is 2.80. The highest BCUT2D eigenvalue weighted by Gasteiger charge is 2.18. The molecular weight excluding hydrogens is 322 g/mol. The Kier molecular flexibility index (Phi) is 5.70. The largest absolute Gasteiger partial charge is 0.356 e. The van der Waals surface area contributed by atoms with Gasteiger partial charge in [0.15, 0.2) is 5.96 Å². The van der Waals surface area contributed by atoms with Gasteiger partial charge in [-0.2, -0.15) is 0 Å². The molecule has 1 aromatic rings. The molecule has 106 valence electrons. The maximum absolute atomic E-state index is 4.41. The smallest absolute Gasteiger partial charge is 0.193 e. The van der Waals surface area contributed by atoms with E-state index in [4.69, 9.17) is 0 Å². The molecule has 5 heteroatoms. The number of likely N-dealkylation sites (tertiary alicyclic amines) is 1. The third-order valence-corrected chi connectivity index (χ3v) is 5.14. The second-order valence-corrected chi connectivity index (χ2v) is 7.67. The summed E-state index contributed by atoms with van der Waals surface area (Å²) in [6.07, 6.45) is 3.68. The van der Waals surface area contributed by atoms with Crippen LogP contribution in [0.5, 0.6) is 0 Å². The van der Waals surface area contributed by atoms with Gasteiger partial charge < -0.3 is 10.2 Å². The van der Waals surface area contributed by atoms with Crippen LogP contribution in [0.15, 0.2) is 20.9 Å². The summed E-state index contributed by atoms with van der Waals surface area (Å²) < 4.78 is 1.21. The number of hydrogen-bond donors (Lipinski definition) is 1. The van der Waals surface area contributed by atoms with Gasteiger partial charge in [-0.15, -0.1) is 11.3 Å². The lowest BCUT2D eigenvalue weighted by atomic mass is 10.0. The van der Waals surface area contributed by atoms with Gasteiger partial charge >= 0.3 is 0 Å². The number of nitrogens with one attached hydrogen (secondary N) is 1. The molecule has 0 saturated carbocycles. The highest BCUT2D eigenvalue weighted by Crippen LogP contribution is 2.22. The zero-order valence-electron chi connectivity index (χ0n) is 11.7. The third kappa shape index (κ3) is 4.49. The van der Waals surface area contributed by atoms with Crippen molar-refractivity contribution in [2.45, 2.75) is 26.2 Å². The van der Waals surface area contributed by atoms with E-state index in [1.807, 2.05) is 7.05 Å². The zero-order valence-corrected chi connectivity index (χ0v) is 14.1. The highest BCUT2D eigenvalue weighted by molar-refractivity contribution is 9.11. The lowest BCUT2D eigenvalue weighted by molar-refractivity contribution is 0.266. The van der Waals surface area contributed by atoms with Gasteiger partial charge in [0.25, 0.3) is 0 Å². The first-order valence-electron chi connectivity index (χ1n) is 6.89. The molecular formula is C14H22BrN3S. The molecule has 0 amide bonds. The molecule has 0 aliphatic carbocycles. The van der Waals surface area contributed by atoms with Crippen LogP contribution in [0.25, 0.3) is 0 Å². The van der Waals surface area contributed by atoms with Crippen LogP contribution in [-0.4, -0.2) is 37.5 Å². The maximum Gasteiger partial charge on any atom is 0.193 e. The van der Waals surface area contributed by atoms with Crippen LogP contribution in [-0.2, 0) is 6.42 Å². The molecule has 1 saturated heterocycles. The number of rotatable bonds is 3. The third-order valence-electron chi connectivity index (χ3n) is 3.45. The summed E-state index contributed by atoms with van der Waals surface area (Å²) in [5, 5.41) is 3.48. The molecule has 1 fully saturated rings. The van der Waals surface area contributed by atoms with Crippen LogP contribution in [0.3, 0.4) is 0 Å². The Bertz CT molecular complexity index is 430. The summed E-state index contributed by atoms with van der Waals surface area (Å²) in [5.74, 6) is 1.84. The first kappa shape index (κ1) is 14.9. The van der Waals surface area contributed by atoms with E-state index in [9.17, 15) is 0 Å². The predicted octanol–water partition coefficient (Wildman–Crippen LogP) is 3.36. The van der Waals surface area contributed by atoms with Gasteiger partial charge in [-0.1, -0.05) is 6.92 Å². The number of thiophene rings is 1. The van der Waals surface area contributed by atoms with Gasteiger partial charge in [-0.25, -0.2) is 0 Å². The van der Waals surface area contributed by atoms with Gasteiger partial charge in [0.1, 0.15) is 0 Å². The monoisotopic (exact) mass is 343 g/mol.